The Hall–Kier alpha value is -3.32. The van der Waals surface area contributed by atoms with E-state index >= 15 is 0 Å². The van der Waals surface area contributed by atoms with Gasteiger partial charge in [-0.15, -0.1) is 0 Å². The van der Waals surface area contributed by atoms with Crippen LogP contribution in [0.15, 0.2) is 60.7 Å². The van der Waals surface area contributed by atoms with E-state index in [0.717, 1.165) is 16.5 Å². The molecule has 0 spiro atoms. The third-order valence-electron chi connectivity index (χ3n) is 4.20. The van der Waals surface area contributed by atoms with Crippen molar-refractivity contribution in [3.63, 3.8) is 0 Å². The van der Waals surface area contributed by atoms with E-state index in [-0.39, 0.29) is 5.56 Å². The number of thiazole rings is 1. The zero-order chi connectivity index (χ0) is 19.7. The second-order valence-electron chi connectivity index (χ2n) is 6.17. The molecule has 28 heavy (non-hydrogen) atoms. The number of carbonyl (C=O) groups is 1. The summed E-state index contributed by atoms with van der Waals surface area (Å²) >= 11 is 1.42. The van der Waals surface area contributed by atoms with E-state index in [2.05, 4.69) is 15.6 Å². The fraction of sp³-hybridized carbons (Fsp3) is 0.0476. The molecule has 0 saturated heterocycles. The summed E-state index contributed by atoms with van der Waals surface area (Å²) < 4.78 is 29.1. The Kier molecular flexibility index (Phi) is 4.75. The second-order valence-corrected chi connectivity index (χ2v) is 7.20. The van der Waals surface area contributed by atoms with Gasteiger partial charge in [-0.1, -0.05) is 41.7 Å². The number of nitrogens with one attached hydrogen (secondary N) is 2. The summed E-state index contributed by atoms with van der Waals surface area (Å²) in [7, 11) is 0. The van der Waals surface area contributed by atoms with Gasteiger partial charge in [0.25, 0.3) is 5.91 Å². The fourth-order valence-corrected chi connectivity index (χ4v) is 3.71. The van der Waals surface area contributed by atoms with Crippen molar-refractivity contribution in [1.82, 2.24) is 4.98 Å². The molecule has 4 aromatic rings. The van der Waals surface area contributed by atoms with Crippen molar-refractivity contribution < 1.29 is 13.6 Å². The van der Waals surface area contributed by atoms with Crippen molar-refractivity contribution >= 4 is 44.0 Å². The summed E-state index contributed by atoms with van der Waals surface area (Å²) in [6, 6.07) is 17.2. The average Bonchev–Trinajstić information content (AvgIpc) is 3.09. The number of rotatable bonds is 4. The van der Waals surface area contributed by atoms with Gasteiger partial charge in [0.05, 0.1) is 10.4 Å². The molecule has 1 amide bonds. The molecule has 0 aliphatic carbocycles. The number of anilines is 3. The third kappa shape index (κ3) is 3.44. The van der Waals surface area contributed by atoms with Crippen LogP contribution in [0.3, 0.4) is 0 Å². The van der Waals surface area contributed by atoms with Crippen LogP contribution in [0.5, 0.6) is 0 Å². The van der Waals surface area contributed by atoms with Crippen LogP contribution >= 0.6 is 11.3 Å². The van der Waals surface area contributed by atoms with E-state index in [1.54, 1.807) is 12.1 Å². The van der Waals surface area contributed by atoms with E-state index in [4.69, 9.17) is 0 Å². The first-order chi connectivity index (χ1) is 13.5. The topological polar surface area (TPSA) is 54.0 Å². The summed E-state index contributed by atoms with van der Waals surface area (Å²) in [5, 5.41) is 6.44. The van der Waals surface area contributed by atoms with E-state index in [1.165, 1.54) is 24.3 Å². The Bertz CT molecular complexity index is 1180. The number of hydrogen-bond acceptors (Lipinski definition) is 4. The van der Waals surface area contributed by atoms with Gasteiger partial charge < -0.3 is 10.6 Å². The summed E-state index contributed by atoms with van der Waals surface area (Å²) in [5.41, 5.74) is 1.42. The standard InChI is InChI=1S/C21H15F2N3OS/c1-12-10-11-14(22)17(18(12)23)20(27)25-15-8-5-9-16-19(15)26-21(28-16)24-13-6-3-2-4-7-13/h2-11H,1H3,(H,24,26)(H,25,27). The predicted molar refractivity (Wildman–Crippen MR) is 108 cm³/mol. The van der Waals surface area contributed by atoms with Gasteiger partial charge >= 0.3 is 0 Å². The van der Waals surface area contributed by atoms with E-state index in [0.29, 0.717) is 16.3 Å². The maximum absolute atomic E-state index is 14.3. The maximum Gasteiger partial charge on any atom is 0.261 e. The quantitative estimate of drug-likeness (QED) is 0.454. The fourth-order valence-electron chi connectivity index (χ4n) is 2.80. The van der Waals surface area contributed by atoms with Crippen molar-refractivity contribution in [1.29, 1.82) is 0 Å². The van der Waals surface area contributed by atoms with E-state index in [9.17, 15) is 13.6 Å². The highest BCUT2D eigenvalue weighted by atomic mass is 32.1. The minimum atomic E-state index is -0.905. The van der Waals surface area contributed by atoms with Crippen molar-refractivity contribution in [2.45, 2.75) is 6.92 Å². The molecule has 2 N–H and O–H groups in total. The molecule has 4 nitrogen and oxygen atoms in total. The van der Waals surface area contributed by atoms with Gasteiger partial charge in [-0.2, -0.15) is 0 Å². The van der Waals surface area contributed by atoms with Crippen LogP contribution < -0.4 is 10.6 Å². The van der Waals surface area contributed by atoms with Crippen molar-refractivity contribution in [2.24, 2.45) is 0 Å². The smallest absolute Gasteiger partial charge is 0.261 e. The van der Waals surface area contributed by atoms with Crippen LogP contribution in [0.1, 0.15) is 15.9 Å². The molecular formula is C21H15F2N3OS. The minimum absolute atomic E-state index is 0.202. The van der Waals surface area contributed by atoms with Crippen LogP contribution in [0.2, 0.25) is 0 Å². The van der Waals surface area contributed by atoms with E-state index < -0.39 is 23.1 Å². The Morgan fingerprint density at radius 2 is 1.79 bits per heavy atom. The number of benzene rings is 3. The molecule has 0 atom stereocenters. The Morgan fingerprint density at radius 3 is 2.57 bits per heavy atom. The predicted octanol–water partition coefficient (Wildman–Crippen LogP) is 5.88. The Balaban J connectivity index is 1.66. The first kappa shape index (κ1) is 18.1. The normalized spacial score (nSPS) is 10.8. The van der Waals surface area contributed by atoms with Gasteiger partial charge in [0.15, 0.2) is 5.13 Å². The molecule has 140 valence electrons. The monoisotopic (exact) mass is 395 g/mol. The molecular weight excluding hydrogens is 380 g/mol. The average molecular weight is 395 g/mol. The number of fused-ring (bicyclic) bond motifs is 1. The zero-order valence-electron chi connectivity index (χ0n) is 14.8. The van der Waals surface area contributed by atoms with Crippen LogP contribution in [0.4, 0.5) is 25.3 Å². The highest BCUT2D eigenvalue weighted by molar-refractivity contribution is 7.22. The molecule has 0 unspecified atom stereocenters. The second kappa shape index (κ2) is 7.36. The number of carbonyl (C=O) groups excluding carboxylic acids is 1. The molecule has 0 bridgehead atoms. The van der Waals surface area contributed by atoms with Gasteiger partial charge in [0.1, 0.15) is 22.7 Å². The Morgan fingerprint density at radius 1 is 1.00 bits per heavy atom. The molecule has 3 aromatic carbocycles. The molecule has 0 saturated carbocycles. The van der Waals surface area contributed by atoms with Crippen LogP contribution in [0.25, 0.3) is 10.2 Å². The molecule has 1 heterocycles. The van der Waals surface area contributed by atoms with Crippen LogP contribution in [0, 0.1) is 18.6 Å². The van der Waals surface area contributed by atoms with Gasteiger partial charge in [0, 0.05) is 5.69 Å². The van der Waals surface area contributed by atoms with Gasteiger partial charge in [0.2, 0.25) is 0 Å². The van der Waals surface area contributed by atoms with Gasteiger partial charge in [-0.05, 0) is 42.8 Å². The lowest BCUT2D eigenvalue weighted by atomic mass is 10.1. The van der Waals surface area contributed by atoms with Gasteiger partial charge in [-0.25, -0.2) is 13.8 Å². The molecule has 7 heteroatoms. The number of aryl methyl sites for hydroxylation is 1. The van der Waals surface area contributed by atoms with Crippen molar-refractivity contribution in [3.05, 3.63) is 83.4 Å². The summed E-state index contributed by atoms with van der Waals surface area (Å²) in [5.74, 6) is -2.62. The lowest BCUT2D eigenvalue weighted by Gasteiger charge is -2.09. The summed E-state index contributed by atoms with van der Waals surface area (Å²) in [6.45, 7) is 1.48. The largest absolute Gasteiger partial charge is 0.332 e. The first-order valence-electron chi connectivity index (χ1n) is 8.50. The highest BCUT2D eigenvalue weighted by Crippen LogP contribution is 2.33. The maximum atomic E-state index is 14.3. The van der Waals surface area contributed by atoms with Crippen LogP contribution in [-0.4, -0.2) is 10.9 Å². The third-order valence-corrected chi connectivity index (χ3v) is 5.14. The van der Waals surface area contributed by atoms with Crippen molar-refractivity contribution in [3.8, 4) is 0 Å². The van der Waals surface area contributed by atoms with E-state index in [1.807, 2.05) is 36.4 Å². The zero-order valence-corrected chi connectivity index (χ0v) is 15.6. The number of hydrogen-bond donors (Lipinski definition) is 2. The molecule has 0 radical (unpaired) electrons. The number of nitrogens with zero attached hydrogens (tertiary/aromatic N) is 1. The highest BCUT2D eigenvalue weighted by Gasteiger charge is 2.20. The SMILES string of the molecule is Cc1ccc(F)c(C(=O)Nc2cccc3sc(Nc4ccccc4)nc23)c1F. The number of amides is 1. The lowest BCUT2D eigenvalue weighted by Crippen LogP contribution is -2.16. The molecule has 4 rings (SSSR count). The molecule has 0 fully saturated rings. The van der Waals surface area contributed by atoms with Crippen LogP contribution in [-0.2, 0) is 0 Å². The summed E-state index contributed by atoms with van der Waals surface area (Å²) in [6.07, 6.45) is 0. The Labute approximate surface area is 163 Å². The lowest BCUT2D eigenvalue weighted by molar-refractivity contribution is 0.101. The first-order valence-corrected chi connectivity index (χ1v) is 9.32. The summed E-state index contributed by atoms with van der Waals surface area (Å²) in [4.78, 5) is 17.0. The van der Waals surface area contributed by atoms with Crippen molar-refractivity contribution in [2.75, 3.05) is 10.6 Å². The molecule has 0 aliphatic heterocycles. The molecule has 0 aliphatic rings. The molecule has 1 aromatic heterocycles. The van der Waals surface area contributed by atoms with Gasteiger partial charge in [-0.3, -0.25) is 4.79 Å². The number of aromatic nitrogens is 1. The number of para-hydroxylation sites is 2. The number of halogens is 2. The minimum Gasteiger partial charge on any atom is -0.332 e.